The molecule has 0 aliphatic carbocycles. The van der Waals surface area contributed by atoms with Gasteiger partial charge in [-0.25, -0.2) is 9.59 Å². The van der Waals surface area contributed by atoms with Crippen molar-refractivity contribution in [2.75, 3.05) is 14.2 Å². The SMILES string of the molecule is CO/C=C(/Oc1cccc(COc2ccc(Cl)cc2)c1C(=O)OC(C)(C)C)C(=O)OC. The van der Waals surface area contributed by atoms with Gasteiger partial charge in [-0.3, -0.25) is 0 Å². The minimum Gasteiger partial charge on any atom is -0.500 e. The van der Waals surface area contributed by atoms with E-state index in [4.69, 9.17) is 35.3 Å². The molecule has 0 spiro atoms. The van der Waals surface area contributed by atoms with Crippen molar-refractivity contribution in [1.82, 2.24) is 0 Å². The first-order valence-electron chi connectivity index (χ1n) is 9.37. The van der Waals surface area contributed by atoms with Crippen molar-refractivity contribution in [3.05, 3.63) is 70.6 Å². The van der Waals surface area contributed by atoms with Crippen LogP contribution in [0.2, 0.25) is 5.02 Å². The fraction of sp³-hybridized carbons (Fsp3) is 0.304. The summed E-state index contributed by atoms with van der Waals surface area (Å²) in [6.07, 6.45) is 1.08. The van der Waals surface area contributed by atoms with E-state index in [1.54, 1.807) is 57.2 Å². The average molecular weight is 449 g/mol. The van der Waals surface area contributed by atoms with Gasteiger partial charge in [0, 0.05) is 10.6 Å². The molecule has 0 N–H and O–H groups in total. The summed E-state index contributed by atoms with van der Waals surface area (Å²) in [5, 5.41) is 0.581. The summed E-state index contributed by atoms with van der Waals surface area (Å²) in [6, 6.07) is 11.7. The zero-order valence-electron chi connectivity index (χ0n) is 18.1. The van der Waals surface area contributed by atoms with Gasteiger partial charge in [-0.15, -0.1) is 0 Å². The van der Waals surface area contributed by atoms with Crippen molar-refractivity contribution in [2.24, 2.45) is 0 Å². The number of halogens is 1. The Kier molecular flexibility index (Phi) is 8.33. The number of rotatable bonds is 8. The number of methoxy groups -OCH3 is 2. The molecule has 0 unspecified atom stereocenters. The highest BCUT2D eigenvalue weighted by Gasteiger charge is 2.26. The molecule has 0 saturated heterocycles. The van der Waals surface area contributed by atoms with Gasteiger partial charge in [0.15, 0.2) is 0 Å². The average Bonchev–Trinajstić information content (AvgIpc) is 2.71. The van der Waals surface area contributed by atoms with Gasteiger partial charge in [-0.05, 0) is 51.1 Å². The quantitative estimate of drug-likeness (QED) is 0.322. The van der Waals surface area contributed by atoms with Crippen LogP contribution in [-0.2, 0) is 25.6 Å². The van der Waals surface area contributed by atoms with Crippen molar-refractivity contribution >= 4 is 23.5 Å². The maximum atomic E-state index is 13.0. The monoisotopic (exact) mass is 448 g/mol. The lowest BCUT2D eigenvalue weighted by molar-refractivity contribution is -0.138. The Labute approximate surface area is 186 Å². The van der Waals surface area contributed by atoms with Crippen LogP contribution in [0, 0.1) is 0 Å². The predicted octanol–water partition coefficient (Wildman–Crippen LogP) is 4.91. The largest absolute Gasteiger partial charge is 0.500 e. The van der Waals surface area contributed by atoms with E-state index in [0.29, 0.717) is 16.3 Å². The van der Waals surface area contributed by atoms with Crippen LogP contribution in [-0.4, -0.2) is 31.8 Å². The fourth-order valence-corrected chi connectivity index (χ4v) is 2.60. The molecule has 31 heavy (non-hydrogen) atoms. The Morgan fingerprint density at radius 1 is 1.03 bits per heavy atom. The molecule has 8 heteroatoms. The van der Waals surface area contributed by atoms with E-state index in [9.17, 15) is 9.59 Å². The third-order valence-corrected chi connectivity index (χ3v) is 4.01. The first-order chi connectivity index (χ1) is 14.6. The van der Waals surface area contributed by atoms with Crippen LogP contribution < -0.4 is 9.47 Å². The van der Waals surface area contributed by atoms with Crippen molar-refractivity contribution in [2.45, 2.75) is 33.0 Å². The van der Waals surface area contributed by atoms with Crippen molar-refractivity contribution in [3.8, 4) is 11.5 Å². The molecule has 2 rings (SSSR count). The Hall–Kier alpha value is -3.19. The van der Waals surface area contributed by atoms with Crippen LogP contribution in [0.1, 0.15) is 36.7 Å². The molecule has 0 saturated carbocycles. The first-order valence-corrected chi connectivity index (χ1v) is 9.75. The number of ether oxygens (including phenoxy) is 5. The number of carbonyl (C=O) groups excluding carboxylic acids is 2. The van der Waals surface area contributed by atoms with Crippen molar-refractivity contribution < 1.29 is 33.3 Å². The third kappa shape index (κ3) is 7.22. The van der Waals surface area contributed by atoms with Crippen molar-refractivity contribution in [3.63, 3.8) is 0 Å². The smallest absolute Gasteiger partial charge is 0.377 e. The molecule has 7 nitrogen and oxygen atoms in total. The summed E-state index contributed by atoms with van der Waals surface area (Å²) in [5.41, 5.74) is -0.118. The topological polar surface area (TPSA) is 80.3 Å². The maximum absolute atomic E-state index is 13.0. The van der Waals surface area contributed by atoms with Crippen molar-refractivity contribution in [1.29, 1.82) is 0 Å². The Morgan fingerprint density at radius 2 is 1.71 bits per heavy atom. The molecule has 0 aromatic heterocycles. The van der Waals surface area contributed by atoms with Gasteiger partial charge >= 0.3 is 11.9 Å². The van der Waals surface area contributed by atoms with E-state index in [1.807, 2.05) is 0 Å². The van der Waals surface area contributed by atoms with Crippen LogP contribution in [0.5, 0.6) is 11.5 Å². The van der Waals surface area contributed by atoms with Gasteiger partial charge in [0.25, 0.3) is 0 Å². The second-order valence-corrected chi connectivity index (χ2v) is 7.78. The minimum absolute atomic E-state index is 0.0506. The number of benzene rings is 2. The number of hydrogen-bond acceptors (Lipinski definition) is 7. The van der Waals surface area contributed by atoms with Gasteiger partial charge in [0.05, 0.1) is 14.2 Å². The normalized spacial score (nSPS) is 11.5. The highest BCUT2D eigenvalue weighted by Crippen LogP contribution is 2.29. The molecule has 0 amide bonds. The highest BCUT2D eigenvalue weighted by molar-refractivity contribution is 6.30. The van der Waals surface area contributed by atoms with Gasteiger partial charge in [-0.2, -0.15) is 0 Å². The molecule has 2 aromatic rings. The molecule has 166 valence electrons. The zero-order valence-corrected chi connectivity index (χ0v) is 18.8. The lowest BCUT2D eigenvalue weighted by Crippen LogP contribution is -2.25. The van der Waals surface area contributed by atoms with E-state index in [-0.39, 0.29) is 23.7 Å². The lowest BCUT2D eigenvalue weighted by Gasteiger charge is -2.22. The fourth-order valence-electron chi connectivity index (χ4n) is 2.47. The Balaban J connectivity index is 2.42. The van der Waals surface area contributed by atoms with E-state index in [2.05, 4.69) is 0 Å². The van der Waals surface area contributed by atoms with Gasteiger partial charge in [-0.1, -0.05) is 23.7 Å². The lowest BCUT2D eigenvalue weighted by atomic mass is 10.1. The second kappa shape index (κ2) is 10.7. The third-order valence-electron chi connectivity index (χ3n) is 3.75. The van der Waals surface area contributed by atoms with E-state index >= 15 is 0 Å². The van der Waals surface area contributed by atoms with Gasteiger partial charge < -0.3 is 23.7 Å². The summed E-state index contributed by atoms with van der Waals surface area (Å²) in [6.45, 7) is 5.31. The second-order valence-electron chi connectivity index (χ2n) is 7.35. The molecule has 0 aliphatic heterocycles. The molecule has 0 aliphatic rings. The molecule has 2 aromatic carbocycles. The summed E-state index contributed by atoms with van der Waals surface area (Å²) >= 11 is 5.90. The van der Waals surface area contributed by atoms with Crippen LogP contribution >= 0.6 is 11.6 Å². The van der Waals surface area contributed by atoms with E-state index in [1.165, 1.54) is 20.3 Å². The minimum atomic E-state index is -0.764. The Bertz CT molecular complexity index is 943. The van der Waals surface area contributed by atoms with Crippen LogP contribution in [0.25, 0.3) is 0 Å². The Morgan fingerprint density at radius 3 is 2.29 bits per heavy atom. The highest BCUT2D eigenvalue weighted by atomic mass is 35.5. The first kappa shape index (κ1) is 24.1. The van der Waals surface area contributed by atoms with Gasteiger partial charge in [0.2, 0.25) is 5.76 Å². The summed E-state index contributed by atoms with van der Waals surface area (Å²) < 4.78 is 26.6. The standard InChI is InChI=1S/C23H25ClO7/c1-23(2,3)31-22(26)20-15(13-29-17-11-9-16(24)10-12-17)7-6-8-18(20)30-19(14-27-4)21(25)28-5/h6-12,14H,13H2,1-5H3/b19-14+. The van der Waals surface area contributed by atoms with Crippen LogP contribution in [0.3, 0.4) is 0 Å². The van der Waals surface area contributed by atoms with Gasteiger partial charge in [0.1, 0.15) is 35.5 Å². The number of hydrogen-bond donors (Lipinski definition) is 0. The summed E-state index contributed by atoms with van der Waals surface area (Å²) in [4.78, 5) is 25.0. The molecular formula is C23H25ClO7. The molecule has 0 fully saturated rings. The number of carbonyl (C=O) groups is 2. The number of esters is 2. The van der Waals surface area contributed by atoms with Crippen LogP contribution in [0.4, 0.5) is 0 Å². The van der Waals surface area contributed by atoms with E-state index < -0.39 is 17.5 Å². The molecular weight excluding hydrogens is 424 g/mol. The van der Waals surface area contributed by atoms with E-state index in [0.717, 1.165) is 6.26 Å². The van der Waals surface area contributed by atoms with Crippen LogP contribution in [0.15, 0.2) is 54.5 Å². The zero-order chi connectivity index (χ0) is 23.0. The maximum Gasteiger partial charge on any atom is 0.377 e. The summed E-state index contributed by atoms with van der Waals surface area (Å²) in [7, 11) is 2.57. The molecule has 0 atom stereocenters. The summed E-state index contributed by atoms with van der Waals surface area (Å²) in [5.74, 6) is -0.953. The predicted molar refractivity (Wildman–Crippen MR) is 115 cm³/mol. The molecule has 0 bridgehead atoms. The molecule has 0 radical (unpaired) electrons. The molecule has 0 heterocycles.